The van der Waals surface area contributed by atoms with Gasteiger partial charge in [-0.3, -0.25) is 4.79 Å². The molecule has 3 nitrogen and oxygen atoms in total. The van der Waals surface area contributed by atoms with Gasteiger partial charge in [0.1, 0.15) is 0 Å². The molecule has 0 fully saturated rings. The van der Waals surface area contributed by atoms with E-state index >= 15 is 0 Å². The highest BCUT2D eigenvalue weighted by molar-refractivity contribution is 7.12. The van der Waals surface area contributed by atoms with Crippen molar-refractivity contribution in [1.82, 2.24) is 0 Å². The molecule has 0 unspecified atom stereocenters. The largest absolute Gasteiger partial charge is 0.550 e. The van der Waals surface area contributed by atoms with E-state index in [1.807, 2.05) is 5.38 Å². The summed E-state index contributed by atoms with van der Waals surface area (Å²) in [5.41, 5.74) is 0. The van der Waals surface area contributed by atoms with E-state index in [2.05, 4.69) is 0 Å². The summed E-state index contributed by atoms with van der Waals surface area (Å²) in [6.07, 6.45) is 0.602. The van der Waals surface area contributed by atoms with Crippen LogP contribution in [-0.2, 0) is 4.79 Å². The first-order valence-corrected chi connectivity index (χ1v) is 4.84. The maximum Gasteiger partial charge on any atom is 0.172 e. The Labute approximate surface area is 80.0 Å². The van der Waals surface area contributed by atoms with Gasteiger partial charge in [0.15, 0.2) is 5.78 Å². The zero-order chi connectivity index (χ0) is 9.68. The molecule has 0 radical (unpaired) electrons. The van der Waals surface area contributed by atoms with Crippen LogP contribution in [0.5, 0.6) is 0 Å². The Bertz CT molecular complexity index is 290. The average molecular weight is 197 g/mol. The van der Waals surface area contributed by atoms with Crippen LogP contribution in [0.1, 0.15) is 28.9 Å². The van der Waals surface area contributed by atoms with Gasteiger partial charge in [-0.1, -0.05) is 6.07 Å². The number of ketones is 1. The SMILES string of the molecule is O=C([O-])CCCC(=O)c1cccs1. The Balaban J connectivity index is 2.31. The van der Waals surface area contributed by atoms with E-state index in [4.69, 9.17) is 0 Å². The number of carboxylic acid groups (broad SMARTS) is 1. The van der Waals surface area contributed by atoms with Gasteiger partial charge >= 0.3 is 0 Å². The maximum atomic E-state index is 11.3. The highest BCUT2D eigenvalue weighted by Crippen LogP contribution is 2.12. The normalized spacial score (nSPS) is 9.85. The molecule has 0 N–H and O–H groups in total. The standard InChI is InChI=1S/C9H10O3S/c10-7(3-1-5-9(11)12)8-4-2-6-13-8/h2,4,6H,1,3,5H2,(H,11,12)/p-1. The number of carbonyl (C=O) groups excluding carboxylic acids is 2. The summed E-state index contributed by atoms with van der Waals surface area (Å²) in [5.74, 6) is -1.09. The van der Waals surface area contributed by atoms with Gasteiger partial charge in [-0.2, -0.15) is 0 Å². The molecule has 70 valence electrons. The Hall–Kier alpha value is -1.16. The summed E-state index contributed by atoms with van der Waals surface area (Å²) in [4.78, 5) is 22.0. The summed E-state index contributed by atoms with van der Waals surface area (Å²) in [7, 11) is 0. The topological polar surface area (TPSA) is 57.2 Å². The second-order valence-electron chi connectivity index (χ2n) is 2.63. The summed E-state index contributed by atoms with van der Waals surface area (Å²) >= 11 is 1.38. The second kappa shape index (κ2) is 4.77. The van der Waals surface area contributed by atoms with E-state index < -0.39 is 5.97 Å². The van der Waals surface area contributed by atoms with Crippen LogP contribution in [0.15, 0.2) is 17.5 Å². The van der Waals surface area contributed by atoms with Crippen LogP contribution in [0.3, 0.4) is 0 Å². The Morgan fingerprint density at radius 2 is 2.15 bits per heavy atom. The number of carboxylic acids is 1. The van der Waals surface area contributed by atoms with E-state index in [1.54, 1.807) is 12.1 Å². The Kier molecular flexibility index (Phi) is 3.64. The number of thiophene rings is 1. The van der Waals surface area contributed by atoms with Crippen molar-refractivity contribution in [2.75, 3.05) is 0 Å². The Morgan fingerprint density at radius 3 is 2.69 bits per heavy atom. The van der Waals surface area contributed by atoms with Crippen molar-refractivity contribution in [3.05, 3.63) is 22.4 Å². The zero-order valence-corrected chi connectivity index (χ0v) is 7.80. The molecule has 0 spiro atoms. The predicted octanol–water partition coefficient (Wildman–Crippen LogP) is 0.851. The van der Waals surface area contributed by atoms with E-state index in [0.717, 1.165) is 0 Å². The molecule has 0 saturated heterocycles. The summed E-state index contributed by atoms with van der Waals surface area (Å²) < 4.78 is 0. The van der Waals surface area contributed by atoms with Gasteiger partial charge in [-0.25, -0.2) is 0 Å². The quantitative estimate of drug-likeness (QED) is 0.657. The van der Waals surface area contributed by atoms with Crippen molar-refractivity contribution >= 4 is 23.1 Å². The first kappa shape index (κ1) is 9.92. The molecule has 13 heavy (non-hydrogen) atoms. The zero-order valence-electron chi connectivity index (χ0n) is 6.99. The minimum absolute atomic E-state index is 0.0104. The van der Waals surface area contributed by atoms with Crippen molar-refractivity contribution in [1.29, 1.82) is 0 Å². The van der Waals surface area contributed by atoms with Crippen molar-refractivity contribution in [2.24, 2.45) is 0 Å². The van der Waals surface area contributed by atoms with E-state index in [1.165, 1.54) is 11.3 Å². The molecule has 0 saturated carbocycles. The molecule has 1 aromatic rings. The van der Waals surface area contributed by atoms with Gasteiger partial charge in [0.05, 0.1) is 4.88 Å². The number of aliphatic carboxylic acids is 1. The van der Waals surface area contributed by atoms with Crippen molar-refractivity contribution < 1.29 is 14.7 Å². The minimum Gasteiger partial charge on any atom is -0.550 e. The fraction of sp³-hybridized carbons (Fsp3) is 0.333. The summed E-state index contributed by atoms with van der Waals surface area (Å²) in [5, 5.41) is 11.9. The molecular formula is C9H9O3S-. The molecule has 0 aliphatic carbocycles. The van der Waals surface area contributed by atoms with Gasteiger partial charge in [-0.05, 0) is 24.3 Å². The number of carbonyl (C=O) groups is 2. The minimum atomic E-state index is -1.10. The summed E-state index contributed by atoms with van der Waals surface area (Å²) in [6, 6.07) is 3.54. The van der Waals surface area contributed by atoms with E-state index in [0.29, 0.717) is 11.3 Å². The average Bonchev–Trinajstić information content (AvgIpc) is 2.55. The predicted molar refractivity (Wildman–Crippen MR) is 47.5 cm³/mol. The van der Waals surface area contributed by atoms with E-state index in [-0.39, 0.29) is 18.6 Å². The van der Waals surface area contributed by atoms with Gasteiger partial charge in [-0.15, -0.1) is 11.3 Å². The first-order chi connectivity index (χ1) is 6.20. The number of rotatable bonds is 5. The van der Waals surface area contributed by atoms with Crippen molar-refractivity contribution in [3.8, 4) is 0 Å². The lowest BCUT2D eigenvalue weighted by Gasteiger charge is -1.99. The smallest absolute Gasteiger partial charge is 0.172 e. The van der Waals surface area contributed by atoms with Gasteiger partial charge in [0.2, 0.25) is 0 Å². The first-order valence-electron chi connectivity index (χ1n) is 3.96. The third-order valence-corrected chi connectivity index (χ3v) is 2.49. The monoisotopic (exact) mass is 197 g/mol. The third-order valence-electron chi connectivity index (χ3n) is 1.58. The highest BCUT2D eigenvalue weighted by Gasteiger charge is 2.05. The van der Waals surface area contributed by atoms with Crippen LogP contribution >= 0.6 is 11.3 Å². The molecule has 0 aromatic carbocycles. The Morgan fingerprint density at radius 1 is 1.38 bits per heavy atom. The lowest BCUT2D eigenvalue weighted by molar-refractivity contribution is -0.305. The molecule has 1 heterocycles. The molecule has 0 atom stereocenters. The lowest BCUT2D eigenvalue weighted by Crippen LogP contribution is -2.21. The van der Waals surface area contributed by atoms with Crippen molar-refractivity contribution in [2.45, 2.75) is 19.3 Å². The van der Waals surface area contributed by atoms with Crippen LogP contribution in [0.4, 0.5) is 0 Å². The maximum absolute atomic E-state index is 11.3. The molecule has 1 aromatic heterocycles. The molecule has 0 aliphatic rings. The molecular weight excluding hydrogens is 188 g/mol. The molecule has 0 amide bonds. The molecule has 0 aliphatic heterocycles. The number of hydrogen-bond acceptors (Lipinski definition) is 4. The molecule has 1 rings (SSSR count). The highest BCUT2D eigenvalue weighted by atomic mass is 32.1. The van der Waals surface area contributed by atoms with Crippen LogP contribution in [0, 0.1) is 0 Å². The number of Topliss-reactive ketones (excluding diaryl/α,β-unsaturated/α-hetero) is 1. The lowest BCUT2D eigenvalue weighted by atomic mass is 10.1. The van der Waals surface area contributed by atoms with Crippen LogP contribution in [-0.4, -0.2) is 11.8 Å². The fourth-order valence-electron chi connectivity index (χ4n) is 0.954. The van der Waals surface area contributed by atoms with Gasteiger partial charge < -0.3 is 9.90 Å². The second-order valence-corrected chi connectivity index (χ2v) is 3.57. The van der Waals surface area contributed by atoms with Gasteiger partial charge in [0.25, 0.3) is 0 Å². The van der Waals surface area contributed by atoms with Crippen LogP contribution in [0.2, 0.25) is 0 Å². The molecule has 0 bridgehead atoms. The van der Waals surface area contributed by atoms with E-state index in [9.17, 15) is 14.7 Å². The number of hydrogen-bond donors (Lipinski definition) is 0. The van der Waals surface area contributed by atoms with Gasteiger partial charge in [0, 0.05) is 12.4 Å². The fourth-order valence-corrected chi connectivity index (χ4v) is 1.65. The summed E-state index contributed by atoms with van der Waals surface area (Å²) in [6.45, 7) is 0. The van der Waals surface area contributed by atoms with Crippen LogP contribution in [0.25, 0.3) is 0 Å². The van der Waals surface area contributed by atoms with Crippen LogP contribution < -0.4 is 5.11 Å². The molecule has 4 heteroatoms. The van der Waals surface area contributed by atoms with Crippen molar-refractivity contribution in [3.63, 3.8) is 0 Å². The third kappa shape index (κ3) is 3.38.